The molecule has 1 aliphatic heterocycles. The fraction of sp³-hybridized carbons (Fsp3) is 0.316. The number of carbonyl (C=O) groups excluding carboxylic acids is 1. The van der Waals surface area contributed by atoms with E-state index >= 15 is 0 Å². The lowest BCUT2D eigenvalue weighted by Gasteiger charge is -2.34. The van der Waals surface area contributed by atoms with Gasteiger partial charge in [0, 0.05) is 43.5 Å². The summed E-state index contributed by atoms with van der Waals surface area (Å²) >= 11 is 0. The Morgan fingerprint density at radius 3 is 2.42 bits per heavy atom. The lowest BCUT2D eigenvalue weighted by atomic mass is 10.1. The quantitative estimate of drug-likeness (QED) is 0.659. The highest BCUT2D eigenvalue weighted by Gasteiger charge is 2.24. The van der Waals surface area contributed by atoms with Gasteiger partial charge in [-0.15, -0.1) is 0 Å². The van der Waals surface area contributed by atoms with Gasteiger partial charge in [-0.25, -0.2) is 0 Å². The minimum Gasteiger partial charge on any atom is -0.350 e. The largest absolute Gasteiger partial charge is 0.350 e. The molecule has 136 valence electrons. The van der Waals surface area contributed by atoms with Crippen LogP contribution in [0.4, 0.5) is 17.1 Å². The molecule has 1 aliphatic rings. The second kappa shape index (κ2) is 7.97. The number of nitrogens with one attached hydrogen (secondary N) is 1. The third-order valence-electron chi connectivity index (χ3n) is 4.60. The Bertz CT molecular complexity index is 787. The van der Waals surface area contributed by atoms with E-state index in [4.69, 9.17) is 0 Å². The third-order valence-corrected chi connectivity index (χ3v) is 4.60. The van der Waals surface area contributed by atoms with Crippen LogP contribution in [0.3, 0.4) is 0 Å². The molecule has 1 fully saturated rings. The van der Waals surface area contributed by atoms with Gasteiger partial charge in [-0.3, -0.25) is 14.9 Å². The van der Waals surface area contributed by atoms with Crippen LogP contribution < -0.4 is 5.32 Å². The van der Waals surface area contributed by atoms with Crippen molar-refractivity contribution in [1.82, 2.24) is 9.80 Å². The predicted octanol–water partition coefficient (Wildman–Crippen LogP) is 3.12. The maximum Gasteiger partial charge on any atom is 0.293 e. The van der Waals surface area contributed by atoms with Gasteiger partial charge in [0.05, 0.1) is 4.92 Å². The number of rotatable bonds is 5. The van der Waals surface area contributed by atoms with Crippen molar-refractivity contribution in [2.75, 3.05) is 38.0 Å². The molecular formula is C19H22N4O3. The Hall–Kier alpha value is -2.93. The SMILES string of the molecule is CCN1CCN(C(=O)c2ccc(Nc3ccccc3)c([N+](=O)[O-])c2)CC1. The molecule has 1 N–H and O–H groups in total. The van der Waals surface area contributed by atoms with Crippen molar-refractivity contribution < 1.29 is 9.72 Å². The van der Waals surface area contributed by atoms with E-state index in [1.165, 1.54) is 6.07 Å². The van der Waals surface area contributed by atoms with Crippen LogP contribution in [-0.2, 0) is 0 Å². The minimum atomic E-state index is -0.461. The first-order valence-electron chi connectivity index (χ1n) is 8.70. The normalized spacial score (nSPS) is 14.9. The average molecular weight is 354 g/mol. The van der Waals surface area contributed by atoms with Gasteiger partial charge in [-0.2, -0.15) is 0 Å². The minimum absolute atomic E-state index is 0.105. The molecule has 7 nitrogen and oxygen atoms in total. The lowest BCUT2D eigenvalue weighted by Crippen LogP contribution is -2.48. The third kappa shape index (κ3) is 4.00. The zero-order valence-electron chi connectivity index (χ0n) is 14.7. The highest BCUT2D eigenvalue weighted by atomic mass is 16.6. The van der Waals surface area contributed by atoms with Crippen LogP contribution in [0.1, 0.15) is 17.3 Å². The van der Waals surface area contributed by atoms with Crippen molar-refractivity contribution in [3.63, 3.8) is 0 Å². The molecular weight excluding hydrogens is 332 g/mol. The Labute approximate surface area is 152 Å². The molecule has 3 rings (SSSR count). The number of amides is 1. The van der Waals surface area contributed by atoms with Crippen LogP contribution in [0.25, 0.3) is 0 Å². The molecule has 0 atom stereocenters. The molecule has 0 radical (unpaired) electrons. The van der Waals surface area contributed by atoms with Gasteiger partial charge in [0.15, 0.2) is 0 Å². The van der Waals surface area contributed by atoms with Gasteiger partial charge in [0.2, 0.25) is 0 Å². The van der Waals surface area contributed by atoms with Gasteiger partial charge >= 0.3 is 0 Å². The molecule has 0 saturated carbocycles. The van der Waals surface area contributed by atoms with Gasteiger partial charge in [-0.05, 0) is 30.8 Å². The van der Waals surface area contributed by atoms with Crippen LogP contribution in [0.2, 0.25) is 0 Å². The van der Waals surface area contributed by atoms with E-state index in [9.17, 15) is 14.9 Å². The van der Waals surface area contributed by atoms with Crippen LogP contribution >= 0.6 is 0 Å². The number of carbonyl (C=O) groups is 1. The summed E-state index contributed by atoms with van der Waals surface area (Å²) in [5.74, 6) is -0.157. The summed E-state index contributed by atoms with van der Waals surface area (Å²) in [5.41, 5.74) is 1.37. The number of nitro benzene ring substituents is 1. The van der Waals surface area contributed by atoms with E-state index < -0.39 is 4.92 Å². The predicted molar refractivity (Wildman–Crippen MR) is 101 cm³/mol. The Morgan fingerprint density at radius 2 is 1.81 bits per heavy atom. The topological polar surface area (TPSA) is 78.7 Å². The smallest absolute Gasteiger partial charge is 0.293 e. The van der Waals surface area contributed by atoms with Gasteiger partial charge in [0.25, 0.3) is 11.6 Å². The van der Waals surface area contributed by atoms with Crippen LogP contribution in [0.15, 0.2) is 48.5 Å². The van der Waals surface area contributed by atoms with Gasteiger partial charge < -0.3 is 15.1 Å². The highest BCUT2D eigenvalue weighted by molar-refractivity contribution is 5.96. The van der Waals surface area contributed by atoms with E-state index in [1.54, 1.807) is 17.0 Å². The molecule has 7 heteroatoms. The van der Waals surface area contributed by atoms with E-state index in [2.05, 4.69) is 17.1 Å². The summed E-state index contributed by atoms with van der Waals surface area (Å²) in [7, 11) is 0. The van der Waals surface area contributed by atoms with Crippen molar-refractivity contribution in [2.45, 2.75) is 6.92 Å². The molecule has 0 spiro atoms. The molecule has 2 aromatic rings. The van der Waals surface area contributed by atoms with E-state index in [-0.39, 0.29) is 11.6 Å². The molecule has 1 saturated heterocycles. The number of hydrogen-bond acceptors (Lipinski definition) is 5. The maximum absolute atomic E-state index is 12.7. The monoisotopic (exact) mass is 354 g/mol. The number of para-hydroxylation sites is 1. The molecule has 2 aromatic carbocycles. The molecule has 0 unspecified atom stereocenters. The molecule has 1 amide bonds. The number of anilines is 2. The summed E-state index contributed by atoms with van der Waals surface area (Å²) in [6.45, 7) is 6.01. The lowest BCUT2D eigenvalue weighted by molar-refractivity contribution is -0.383. The number of piperazine rings is 1. The first-order valence-corrected chi connectivity index (χ1v) is 8.70. The Balaban J connectivity index is 1.80. The standard InChI is InChI=1S/C19H22N4O3/c1-2-21-10-12-22(13-11-21)19(24)15-8-9-17(18(14-15)23(25)26)20-16-6-4-3-5-7-16/h3-9,14,20H,2,10-13H2,1H3. The number of hydrogen-bond donors (Lipinski definition) is 1. The van der Waals surface area contributed by atoms with E-state index in [0.29, 0.717) is 24.3 Å². The van der Waals surface area contributed by atoms with Crippen LogP contribution in [-0.4, -0.2) is 53.4 Å². The summed E-state index contributed by atoms with van der Waals surface area (Å²) in [6.07, 6.45) is 0. The van der Waals surface area contributed by atoms with E-state index in [1.807, 2.05) is 30.3 Å². The van der Waals surface area contributed by atoms with Crippen molar-refractivity contribution >= 4 is 23.0 Å². The first-order chi connectivity index (χ1) is 12.6. The number of nitro groups is 1. The van der Waals surface area contributed by atoms with Crippen molar-refractivity contribution in [3.05, 3.63) is 64.2 Å². The summed E-state index contributed by atoms with van der Waals surface area (Å²) in [6, 6.07) is 13.8. The van der Waals surface area contributed by atoms with Crippen LogP contribution in [0, 0.1) is 10.1 Å². The summed E-state index contributed by atoms with van der Waals surface area (Å²) in [4.78, 5) is 27.8. The van der Waals surface area contributed by atoms with Crippen molar-refractivity contribution in [2.24, 2.45) is 0 Å². The first kappa shape index (κ1) is 17.9. The van der Waals surface area contributed by atoms with Crippen LogP contribution in [0.5, 0.6) is 0 Å². The zero-order chi connectivity index (χ0) is 18.5. The van der Waals surface area contributed by atoms with Gasteiger partial charge in [-0.1, -0.05) is 25.1 Å². The number of likely N-dealkylation sites (N-methyl/N-ethyl adjacent to an activating group) is 1. The number of nitrogens with zero attached hydrogens (tertiary/aromatic N) is 3. The molecule has 26 heavy (non-hydrogen) atoms. The fourth-order valence-electron chi connectivity index (χ4n) is 3.05. The Morgan fingerprint density at radius 1 is 1.12 bits per heavy atom. The molecule has 0 bridgehead atoms. The summed E-state index contributed by atoms with van der Waals surface area (Å²) in [5, 5.41) is 14.5. The number of benzene rings is 2. The molecule has 0 aliphatic carbocycles. The summed E-state index contributed by atoms with van der Waals surface area (Å²) < 4.78 is 0. The van der Waals surface area contributed by atoms with Crippen molar-refractivity contribution in [3.8, 4) is 0 Å². The second-order valence-electron chi connectivity index (χ2n) is 6.21. The highest BCUT2D eigenvalue weighted by Crippen LogP contribution is 2.29. The Kier molecular flexibility index (Phi) is 5.48. The maximum atomic E-state index is 12.7. The van der Waals surface area contributed by atoms with Crippen molar-refractivity contribution in [1.29, 1.82) is 0 Å². The molecule has 0 aromatic heterocycles. The average Bonchev–Trinajstić information content (AvgIpc) is 2.68. The fourth-order valence-corrected chi connectivity index (χ4v) is 3.05. The second-order valence-corrected chi connectivity index (χ2v) is 6.21. The zero-order valence-corrected chi connectivity index (χ0v) is 14.7. The van der Waals surface area contributed by atoms with Gasteiger partial charge in [0.1, 0.15) is 5.69 Å². The van der Waals surface area contributed by atoms with E-state index in [0.717, 1.165) is 25.3 Å². The molecule has 1 heterocycles.